The maximum absolute atomic E-state index is 13.5. The molecule has 0 aliphatic rings. The van der Waals surface area contributed by atoms with E-state index in [1.807, 2.05) is 44.2 Å². The maximum Gasteiger partial charge on any atom is 0.243 e. The van der Waals surface area contributed by atoms with Crippen molar-refractivity contribution in [1.82, 2.24) is 9.62 Å². The number of nitrogens with one attached hydrogen (secondary N) is 1. The van der Waals surface area contributed by atoms with Crippen molar-refractivity contribution in [3.8, 4) is 5.75 Å². The summed E-state index contributed by atoms with van der Waals surface area (Å²) in [6.07, 6.45) is -1.09. The van der Waals surface area contributed by atoms with Crippen molar-refractivity contribution in [2.24, 2.45) is 17.0 Å². The van der Waals surface area contributed by atoms with Crippen molar-refractivity contribution < 1.29 is 31.5 Å². The zero-order chi connectivity index (χ0) is 27.8. The first-order valence-corrected chi connectivity index (χ1v) is 15.1. The number of carbonyl (C=O) groups is 1. The number of ether oxygens (including phenoxy) is 1. The van der Waals surface area contributed by atoms with Crippen LogP contribution < -0.4 is 15.2 Å². The van der Waals surface area contributed by atoms with Gasteiger partial charge in [-0.05, 0) is 42.2 Å². The Kier molecular flexibility index (Phi) is 11.1. The molecular weight excluding hydrogens is 518 g/mol. The van der Waals surface area contributed by atoms with E-state index in [0.29, 0.717) is 5.75 Å². The van der Waals surface area contributed by atoms with E-state index < -0.39 is 49.8 Å². The molecule has 12 heteroatoms. The number of rotatable bonds is 14. The molecule has 0 saturated carbocycles. The number of primary sulfonamides is 1. The Morgan fingerprint density at radius 2 is 1.59 bits per heavy atom. The van der Waals surface area contributed by atoms with E-state index in [1.165, 1.54) is 30.5 Å². The van der Waals surface area contributed by atoms with Crippen molar-refractivity contribution in [1.29, 1.82) is 0 Å². The van der Waals surface area contributed by atoms with E-state index >= 15 is 0 Å². The van der Waals surface area contributed by atoms with Gasteiger partial charge in [-0.15, -0.1) is 0 Å². The molecule has 0 heterocycles. The topological polar surface area (TPSA) is 156 Å². The van der Waals surface area contributed by atoms with E-state index in [1.54, 1.807) is 12.1 Å². The molecule has 0 fully saturated rings. The van der Waals surface area contributed by atoms with Crippen LogP contribution >= 0.6 is 0 Å². The van der Waals surface area contributed by atoms with Gasteiger partial charge in [0.1, 0.15) is 5.75 Å². The fourth-order valence-electron chi connectivity index (χ4n) is 3.81. The predicted octanol–water partition coefficient (Wildman–Crippen LogP) is 1.35. The SMILES string of the molecule is COc1ccc(S(=O)(=O)N(CC(C)C)C[C@@H](O)[C@H](Cc2ccccc2)NC(=O)[C@H](C)CS(N)(=O)=O)cc1. The Bertz CT molecular complexity index is 1220. The molecule has 0 spiro atoms. The summed E-state index contributed by atoms with van der Waals surface area (Å²) in [5.74, 6) is -1.67. The lowest BCUT2D eigenvalue weighted by molar-refractivity contribution is -0.125. The number of benzene rings is 2. The largest absolute Gasteiger partial charge is 0.497 e. The van der Waals surface area contributed by atoms with E-state index in [0.717, 1.165) is 5.56 Å². The molecule has 4 N–H and O–H groups in total. The van der Waals surface area contributed by atoms with E-state index in [9.17, 15) is 26.7 Å². The van der Waals surface area contributed by atoms with Crippen LogP contribution in [0, 0.1) is 11.8 Å². The van der Waals surface area contributed by atoms with Gasteiger partial charge in [-0.25, -0.2) is 22.0 Å². The minimum Gasteiger partial charge on any atom is -0.497 e. The molecule has 2 rings (SSSR count). The van der Waals surface area contributed by atoms with Gasteiger partial charge in [-0.1, -0.05) is 51.1 Å². The number of aliphatic hydroxyl groups is 1. The summed E-state index contributed by atoms with van der Waals surface area (Å²) in [4.78, 5) is 12.8. The van der Waals surface area contributed by atoms with Crippen LogP contribution in [0.1, 0.15) is 26.3 Å². The Morgan fingerprint density at radius 3 is 2.11 bits per heavy atom. The molecule has 0 aromatic heterocycles. The first-order valence-electron chi connectivity index (χ1n) is 11.9. The number of methoxy groups -OCH3 is 1. The van der Waals surface area contributed by atoms with Gasteiger partial charge < -0.3 is 15.2 Å². The Hall–Kier alpha value is -2.51. The summed E-state index contributed by atoms with van der Waals surface area (Å²) < 4.78 is 56.2. The molecule has 0 bridgehead atoms. The molecule has 0 unspecified atom stereocenters. The van der Waals surface area contributed by atoms with Crippen LogP contribution in [-0.4, -0.2) is 70.3 Å². The maximum atomic E-state index is 13.5. The Morgan fingerprint density at radius 1 is 1.00 bits per heavy atom. The van der Waals surface area contributed by atoms with Gasteiger partial charge in [0.15, 0.2) is 0 Å². The fourth-order valence-corrected chi connectivity index (χ4v) is 6.28. The lowest BCUT2D eigenvalue weighted by atomic mass is 10.00. The third kappa shape index (κ3) is 9.71. The summed E-state index contributed by atoms with van der Waals surface area (Å²) in [5.41, 5.74) is 0.805. The average molecular weight is 556 g/mol. The van der Waals surface area contributed by atoms with Gasteiger partial charge >= 0.3 is 0 Å². The molecule has 2 aromatic carbocycles. The summed E-state index contributed by atoms with van der Waals surface area (Å²) in [7, 11) is -6.39. The second kappa shape index (κ2) is 13.3. The predicted molar refractivity (Wildman–Crippen MR) is 142 cm³/mol. The van der Waals surface area contributed by atoms with E-state index in [-0.39, 0.29) is 30.3 Å². The minimum atomic E-state index is -3.98. The molecule has 1 amide bonds. The standard InChI is InChI=1S/C25H37N3O7S2/c1-18(2)15-28(37(33,34)22-12-10-21(35-4)11-13-22)16-24(29)23(14-20-8-6-5-7-9-20)27-25(30)19(3)17-36(26,31)32/h5-13,18-19,23-24,29H,14-17H2,1-4H3,(H,27,30)(H2,26,31,32)/t19-,23+,24-/m1/s1. The third-order valence-corrected chi connectivity index (χ3v) is 8.49. The lowest BCUT2D eigenvalue weighted by Crippen LogP contribution is -2.52. The summed E-state index contributed by atoms with van der Waals surface area (Å²) >= 11 is 0. The Labute approximate surface area is 219 Å². The first-order chi connectivity index (χ1) is 17.2. The number of aliphatic hydroxyl groups excluding tert-OH is 1. The van der Waals surface area contributed by atoms with Crippen molar-refractivity contribution in [3.63, 3.8) is 0 Å². The molecule has 0 aliphatic heterocycles. The summed E-state index contributed by atoms with van der Waals surface area (Å²) in [6.45, 7) is 5.00. The molecular formula is C25H37N3O7S2. The van der Waals surface area contributed by atoms with Gasteiger partial charge in [0, 0.05) is 13.1 Å². The van der Waals surface area contributed by atoms with Crippen LogP contribution in [0.3, 0.4) is 0 Å². The minimum absolute atomic E-state index is 0.0443. The zero-order valence-electron chi connectivity index (χ0n) is 21.6. The molecule has 0 aliphatic carbocycles. The molecule has 3 atom stereocenters. The normalized spacial score (nSPS) is 14.8. The number of carbonyl (C=O) groups excluding carboxylic acids is 1. The number of amides is 1. The zero-order valence-corrected chi connectivity index (χ0v) is 23.2. The molecule has 37 heavy (non-hydrogen) atoms. The monoisotopic (exact) mass is 555 g/mol. The second-order valence-corrected chi connectivity index (χ2v) is 13.1. The quantitative estimate of drug-likeness (QED) is 0.318. The number of hydrogen-bond acceptors (Lipinski definition) is 7. The van der Waals surface area contributed by atoms with Crippen LogP contribution in [0.5, 0.6) is 5.75 Å². The van der Waals surface area contributed by atoms with Crippen molar-refractivity contribution in [3.05, 3.63) is 60.2 Å². The van der Waals surface area contributed by atoms with Crippen molar-refractivity contribution in [2.45, 2.75) is 44.2 Å². The second-order valence-electron chi connectivity index (χ2n) is 9.49. The fraction of sp³-hybridized carbons (Fsp3) is 0.480. The van der Waals surface area contributed by atoms with Gasteiger partial charge in [-0.2, -0.15) is 4.31 Å². The molecule has 0 saturated heterocycles. The molecule has 10 nitrogen and oxygen atoms in total. The lowest BCUT2D eigenvalue weighted by Gasteiger charge is -2.31. The number of hydrogen-bond donors (Lipinski definition) is 3. The first kappa shape index (κ1) is 30.7. The van der Waals surface area contributed by atoms with Gasteiger partial charge in [0.2, 0.25) is 26.0 Å². The highest BCUT2D eigenvalue weighted by Gasteiger charge is 2.32. The summed E-state index contributed by atoms with van der Waals surface area (Å²) in [5, 5.41) is 19.0. The Balaban J connectivity index is 2.33. The molecule has 0 radical (unpaired) electrons. The van der Waals surface area contributed by atoms with Crippen molar-refractivity contribution >= 4 is 26.0 Å². The van der Waals surface area contributed by atoms with E-state index in [2.05, 4.69) is 5.32 Å². The third-order valence-electron chi connectivity index (χ3n) is 5.68. The number of nitrogens with two attached hydrogens (primary N) is 1. The summed E-state index contributed by atoms with van der Waals surface area (Å²) in [6, 6.07) is 14.2. The van der Waals surface area contributed by atoms with E-state index in [4.69, 9.17) is 9.88 Å². The number of sulfonamides is 2. The highest BCUT2D eigenvalue weighted by atomic mass is 32.2. The van der Waals surface area contributed by atoms with Gasteiger partial charge in [0.25, 0.3) is 0 Å². The van der Waals surface area contributed by atoms with Gasteiger partial charge in [0.05, 0.1) is 35.8 Å². The smallest absolute Gasteiger partial charge is 0.243 e. The van der Waals surface area contributed by atoms with Crippen LogP contribution in [-0.2, 0) is 31.3 Å². The van der Waals surface area contributed by atoms with Gasteiger partial charge in [-0.3, -0.25) is 4.79 Å². The molecule has 2 aromatic rings. The van der Waals surface area contributed by atoms with Crippen LogP contribution in [0.25, 0.3) is 0 Å². The molecule has 206 valence electrons. The average Bonchev–Trinajstić information content (AvgIpc) is 2.82. The van der Waals surface area contributed by atoms with Crippen LogP contribution in [0.2, 0.25) is 0 Å². The van der Waals surface area contributed by atoms with Crippen molar-refractivity contribution in [2.75, 3.05) is 26.0 Å². The highest BCUT2D eigenvalue weighted by Crippen LogP contribution is 2.22. The van der Waals surface area contributed by atoms with Crippen LogP contribution in [0.4, 0.5) is 0 Å². The van der Waals surface area contributed by atoms with Crippen LogP contribution in [0.15, 0.2) is 59.5 Å². The number of nitrogens with zero attached hydrogens (tertiary/aromatic N) is 1. The highest BCUT2D eigenvalue weighted by molar-refractivity contribution is 7.89.